The van der Waals surface area contributed by atoms with E-state index < -0.39 is 15.9 Å². The molecule has 3 nitrogen and oxygen atoms in total. The number of aliphatic hydroxyl groups excluding tert-OH is 1. The summed E-state index contributed by atoms with van der Waals surface area (Å²) in [5.41, 5.74) is 0.145. The van der Waals surface area contributed by atoms with Crippen molar-refractivity contribution in [1.82, 2.24) is 5.32 Å². The molecule has 104 valence electrons. The molecule has 0 saturated heterocycles. The van der Waals surface area contributed by atoms with Crippen LogP contribution >= 0.6 is 23.2 Å². The predicted molar refractivity (Wildman–Crippen MR) is 76.2 cm³/mol. The minimum absolute atomic E-state index is 0.155. The normalized spacial score (nSPS) is 25.7. The highest BCUT2D eigenvalue weighted by Gasteiger charge is 2.67. The zero-order valence-electron chi connectivity index (χ0n) is 10.7. The van der Waals surface area contributed by atoms with Gasteiger partial charge >= 0.3 is 0 Å². The van der Waals surface area contributed by atoms with Gasteiger partial charge in [-0.15, -0.1) is 23.2 Å². The molecule has 5 heteroatoms. The monoisotopic (exact) mass is 301 g/mol. The minimum atomic E-state index is -0.949. The Morgan fingerprint density at radius 1 is 1.42 bits per heavy atom. The number of hydrogen-bond acceptors (Lipinski definition) is 2. The highest BCUT2D eigenvalue weighted by molar-refractivity contribution is 6.53. The lowest BCUT2D eigenvalue weighted by molar-refractivity contribution is -0.125. The van der Waals surface area contributed by atoms with E-state index in [0.29, 0.717) is 19.4 Å². The molecule has 0 heterocycles. The van der Waals surface area contributed by atoms with Gasteiger partial charge in [0.15, 0.2) is 0 Å². The lowest BCUT2D eigenvalue weighted by atomic mass is 10.1. The van der Waals surface area contributed by atoms with Crippen molar-refractivity contribution in [2.45, 2.75) is 30.2 Å². The third kappa shape index (κ3) is 3.04. The Bertz CT molecular complexity index is 464. The summed E-state index contributed by atoms with van der Waals surface area (Å²) in [6.45, 7) is 2.14. The summed E-state index contributed by atoms with van der Waals surface area (Å²) in [7, 11) is 0. The molecule has 2 rings (SSSR count). The van der Waals surface area contributed by atoms with E-state index in [0.717, 1.165) is 5.56 Å². The van der Waals surface area contributed by atoms with E-state index in [9.17, 15) is 9.90 Å². The van der Waals surface area contributed by atoms with Crippen LogP contribution < -0.4 is 5.32 Å². The van der Waals surface area contributed by atoms with Crippen LogP contribution in [0.3, 0.4) is 0 Å². The van der Waals surface area contributed by atoms with Crippen LogP contribution in [0.4, 0.5) is 0 Å². The Balaban J connectivity index is 1.77. The fourth-order valence-electron chi connectivity index (χ4n) is 2.01. The largest absolute Gasteiger partial charge is 0.388 e. The van der Waals surface area contributed by atoms with Gasteiger partial charge in [-0.2, -0.15) is 0 Å². The van der Waals surface area contributed by atoms with E-state index in [4.69, 9.17) is 23.2 Å². The molecule has 1 aliphatic carbocycles. The van der Waals surface area contributed by atoms with E-state index in [-0.39, 0.29) is 5.91 Å². The highest BCUT2D eigenvalue weighted by Crippen LogP contribution is 2.63. The first-order valence-electron chi connectivity index (χ1n) is 6.26. The topological polar surface area (TPSA) is 49.3 Å². The van der Waals surface area contributed by atoms with Gasteiger partial charge in [-0.3, -0.25) is 4.79 Å². The fraction of sp³-hybridized carbons (Fsp3) is 0.500. The summed E-state index contributed by atoms with van der Waals surface area (Å²) in [4.78, 5) is 11.9. The van der Waals surface area contributed by atoms with Crippen molar-refractivity contribution in [3.05, 3.63) is 35.9 Å². The molecule has 1 aliphatic rings. The first-order chi connectivity index (χ1) is 8.87. The quantitative estimate of drug-likeness (QED) is 0.822. The molecule has 1 fully saturated rings. The SMILES string of the molecule is CC1(C(=O)NCCC(O)c2ccccc2)CC1(Cl)Cl. The van der Waals surface area contributed by atoms with Crippen LogP contribution in [0.5, 0.6) is 0 Å². The van der Waals surface area contributed by atoms with Crippen LogP contribution in [0, 0.1) is 5.41 Å². The van der Waals surface area contributed by atoms with Crippen molar-refractivity contribution in [1.29, 1.82) is 0 Å². The second-order valence-electron chi connectivity index (χ2n) is 5.18. The molecular formula is C14H17Cl2NO2. The van der Waals surface area contributed by atoms with Crippen LogP contribution in [-0.2, 0) is 4.79 Å². The lowest BCUT2D eigenvalue weighted by Crippen LogP contribution is -2.34. The van der Waals surface area contributed by atoms with Crippen LogP contribution in [0.25, 0.3) is 0 Å². The molecular weight excluding hydrogens is 285 g/mol. The highest BCUT2D eigenvalue weighted by atomic mass is 35.5. The smallest absolute Gasteiger partial charge is 0.229 e. The van der Waals surface area contributed by atoms with Crippen LogP contribution in [-0.4, -0.2) is 21.9 Å². The predicted octanol–water partition coefficient (Wildman–Crippen LogP) is 2.81. The second kappa shape index (κ2) is 5.31. The van der Waals surface area contributed by atoms with E-state index in [1.54, 1.807) is 6.92 Å². The maximum Gasteiger partial charge on any atom is 0.229 e. The molecule has 0 radical (unpaired) electrons. The van der Waals surface area contributed by atoms with Gasteiger partial charge in [0.25, 0.3) is 0 Å². The number of rotatable bonds is 5. The zero-order chi connectivity index (χ0) is 14.1. The molecule has 0 aromatic heterocycles. The molecule has 2 unspecified atom stereocenters. The summed E-state index contributed by atoms with van der Waals surface area (Å²) in [6.07, 6.45) is 0.352. The Hall–Kier alpha value is -0.770. The molecule has 1 aromatic carbocycles. The number of halogens is 2. The van der Waals surface area contributed by atoms with E-state index in [1.165, 1.54) is 0 Å². The van der Waals surface area contributed by atoms with Crippen molar-refractivity contribution in [2.24, 2.45) is 5.41 Å². The minimum Gasteiger partial charge on any atom is -0.388 e. The third-order valence-electron chi connectivity index (χ3n) is 3.65. The molecule has 0 aliphatic heterocycles. The molecule has 1 saturated carbocycles. The van der Waals surface area contributed by atoms with Gasteiger partial charge in [0.05, 0.1) is 11.5 Å². The summed E-state index contributed by atoms with van der Waals surface area (Å²) < 4.78 is -0.949. The van der Waals surface area contributed by atoms with Gasteiger partial charge in [0.2, 0.25) is 5.91 Å². The fourth-order valence-corrected chi connectivity index (χ4v) is 2.71. The summed E-state index contributed by atoms with van der Waals surface area (Å²) in [5, 5.41) is 12.7. The molecule has 0 bridgehead atoms. The van der Waals surface area contributed by atoms with Crippen molar-refractivity contribution in [3.8, 4) is 0 Å². The first-order valence-corrected chi connectivity index (χ1v) is 7.01. The molecule has 19 heavy (non-hydrogen) atoms. The van der Waals surface area contributed by atoms with E-state index >= 15 is 0 Å². The van der Waals surface area contributed by atoms with Gasteiger partial charge in [-0.25, -0.2) is 0 Å². The molecule has 1 amide bonds. The van der Waals surface area contributed by atoms with E-state index in [2.05, 4.69) is 5.32 Å². The number of aliphatic hydroxyl groups is 1. The van der Waals surface area contributed by atoms with Gasteiger partial charge < -0.3 is 10.4 Å². The van der Waals surface area contributed by atoms with Crippen molar-refractivity contribution >= 4 is 29.1 Å². The maximum atomic E-state index is 11.9. The first kappa shape index (κ1) is 14.6. The Kier molecular flexibility index (Phi) is 4.09. The van der Waals surface area contributed by atoms with Gasteiger partial charge in [0, 0.05) is 6.54 Å². The Labute approximate surface area is 122 Å². The average molecular weight is 302 g/mol. The van der Waals surface area contributed by atoms with Crippen molar-refractivity contribution < 1.29 is 9.90 Å². The van der Waals surface area contributed by atoms with Gasteiger partial charge in [0.1, 0.15) is 4.33 Å². The summed E-state index contributed by atoms with van der Waals surface area (Å²) in [5.74, 6) is -0.155. The van der Waals surface area contributed by atoms with Crippen LogP contribution in [0.1, 0.15) is 31.4 Å². The van der Waals surface area contributed by atoms with Gasteiger partial charge in [-0.05, 0) is 25.3 Å². The Morgan fingerprint density at radius 3 is 2.53 bits per heavy atom. The third-order valence-corrected chi connectivity index (χ3v) is 4.75. The molecule has 0 spiro atoms. The Morgan fingerprint density at radius 2 is 2.00 bits per heavy atom. The van der Waals surface area contributed by atoms with Crippen LogP contribution in [0.2, 0.25) is 0 Å². The molecule has 1 aromatic rings. The number of alkyl halides is 2. The van der Waals surface area contributed by atoms with E-state index in [1.807, 2.05) is 30.3 Å². The molecule has 2 atom stereocenters. The van der Waals surface area contributed by atoms with Gasteiger partial charge in [-0.1, -0.05) is 30.3 Å². The van der Waals surface area contributed by atoms with Crippen LogP contribution in [0.15, 0.2) is 30.3 Å². The molecule has 2 N–H and O–H groups in total. The average Bonchev–Trinajstić information content (AvgIpc) is 2.91. The number of hydrogen-bond donors (Lipinski definition) is 2. The number of carbonyl (C=O) groups excluding carboxylic acids is 1. The number of nitrogens with one attached hydrogen (secondary N) is 1. The lowest BCUT2D eigenvalue weighted by Gasteiger charge is -2.15. The standard InChI is InChI=1S/C14H17Cl2NO2/c1-13(9-14(13,15)16)12(19)17-8-7-11(18)10-5-3-2-4-6-10/h2-6,11,18H,7-9H2,1H3,(H,17,19). The number of amides is 1. The van der Waals surface area contributed by atoms with Crippen molar-refractivity contribution in [2.75, 3.05) is 6.54 Å². The summed E-state index contributed by atoms with van der Waals surface area (Å²) in [6, 6.07) is 9.36. The van der Waals surface area contributed by atoms with Crippen molar-refractivity contribution in [3.63, 3.8) is 0 Å². The second-order valence-corrected chi connectivity index (χ2v) is 6.67. The zero-order valence-corrected chi connectivity index (χ0v) is 12.2. The number of carbonyl (C=O) groups is 1. The number of benzene rings is 1. The maximum absolute atomic E-state index is 11.9. The summed E-state index contributed by atoms with van der Waals surface area (Å²) >= 11 is 11.9.